The molecule has 0 aromatic heterocycles. The SMILES string of the molecule is CCC(C=O)c1ccc(F)c(F)c1. The fraction of sp³-hybridized carbons (Fsp3) is 0.300. The zero-order valence-corrected chi connectivity index (χ0v) is 7.26. The van der Waals surface area contributed by atoms with Crippen LogP contribution < -0.4 is 0 Å². The fourth-order valence-electron chi connectivity index (χ4n) is 1.15. The van der Waals surface area contributed by atoms with E-state index >= 15 is 0 Å². The number of hydrogen-bond donors (Lipinski definition) is 0. The first-order valence-electron chi connectivity index (χ1n) is 4.09. The first kappa shape index (κ1) is 9.84. The molecule has 0 aliphatic heterocycles. The lowest BCUT2D eigenvalue weighted by molar-refractivity contribution is -0.109. The predicted molar refractivity (Wildman–Crippen MR) is 45.5 cm³/mol. The Labute approximate surface area is 75.4 Å². The van der Waals surface area contributed by atoms with Gasteiger partial charge in [0.15, 0.2) is 11.6 Å². The number of benzene rings is 1. The highest BCUT2D eigenvalue weighted by Gasteiger charge is 2.10. The summed E-state index contributed by atoms with van der Waals surface area (Å²) in [7, 11) is 0. The predicted octanol–water partition coefficient (Wildman–Crippen LogP) is 2.66. The van der Waals surface area contributed by atoms with Crippen molar-refractivity contribution < 1.29 is 13.6 Å². The Morgan fingerprint density at radius 3 is 2.54 bits per heavy atom. The molecular formula is C10H10F2O. The van der Waals surface area contributed by atoms with Crippen molar-refractivity contribution in [2.45, 2.75) is 19.3 Å². The summed E-state index contributed by atoms with van der Waals surface area (Å²) in [6.45, 7) is 1.82. The second-order valence-electron chi connectivity index (χ2n) is 2.82. The average molecular weight is 184 g/mol. The van der Waals surface area contributed by atoms with Gasteiger partial charge in [-0.15, -0.1) is 0 Å². The second kappa shape index (κ2) is 4.12. The Hall–Kier alpha value is -1.25. The third-order valence-corrected chi connectivity index (χ3v) is 1.98. The largest absolute Gasteiger partial charge is 0.303 e. The van der Waals surface area contributed by atoms with Crippen molar-refractivity contribution in [1.82, 2.24) is 0 Å². The molecule has 0 N–H and O–H groups in total. The smallest absolute Gasteiger partial charge is 0.159 e. The van der Waals surface area contributed by atoms with E-state index in [0.717, 1.165) is 18.4 Å². The minimum absolute atomic E-state index is 0.338. The van der Waals surface area contributed by atoms with E-state index in [2.05, 4.69) is 0 Å². The highest BCUT2D eigenvalue weighted by Crippen LogP contribution is 2.19. The molecule has 0 aliphatic carbocycles. The molecule has 1 nitrogen and oxygen atoms in total. The van der Waals surface area contributed by atoms with Gasteiger partial charge in [-0.25, -0.2) is 8.78 Å². The summed E-state index contributed by atoms with van der Waals surface area (Å²) in [5, 5.41) is 0. The molecule has 0 spiro atoms. The Bertz CT molecular complexity index is 310. The van der Waals surface area contributed by atoms with E-state index in [4.69, 9.17) is 0 Å². The van der Waals surface area contributed by atoms with Gasteiger partial charge in [-0.3, -0.25) is 0 Å². The van der Waals surface area contributed by atoms with Crippen LogP contribution in [0.4, 0.5) is 8.78 Å². The van der Waals surface area contributed by atoms with Crippen molar-refractivity contribution in [2.24, 2.45) is 0 Å². The van der Waals surface area contributed by atoms with E-state index < -0.39 is 11.6 Å². The van der Waals surface area contributed by atoms with Crippen LogP contribution in [0.25, 0.3) is 0 Å². The van der Waals surface area contributed by atoms with Gasteiger partial charge < -0.3 is 4.79 Å². The van der Waals surface area contributed by atoms with Crippen LogP contribution in [0.15, 0.2) is 18.2 Å². The molecule has 0 bridgehead atoms. The maximum Gasteiger partial charge on any atom is 0.159 e. The molecule has 1 rings (SSSR count). The van der Waals surface area contributed by atoms with Crippen LogP contribution >= 0.6 is 0 Å². The molecule has 70 valence electrons. The van der Waals surface area contributed by atoms with Crippen molar-refractivity contribution in [3.63, 3.8) is 0 Å². The normalized spacial score (nSPS) is 12.5. The zero-order valence-electron chi connectivity index (χ0n) is 7.26. The Kier molecular flexibility index (Phi) is 3.12. The van der Waals surface area contributed by atoms with E-state index in [1.807, 2.05) is 6.92 Å². The minimum atomic E-state index is -0.905. The molecule has 1 unspecified atom stereocenters. The van der Waals surface area contributed by atoms with E-state index in [1.54, 1.807) is 0 Å². The number of aldehydes is 1. The summed E-state index contributed by atoms with van der Waals surface area (Å²) in [5.41, 5.74) is 0.524. The molecule has 1 aromatic rings. The van der Waals surface area contributed by atoms with Gasteiger partial charge in [-0.05, 0) is 24.1 Å². The molecule has 0 aliphatic rings. The van der Waals surface area contributed by atoms with Crippen molar-refractivity contribution >= 4 is 6.29 Å². The Morgan fingerprint density at radius 2 is 2.08 bits per heavy atom. The lowest BCUT2D eigenvalue weighted by Crippen LogP contribution is -1.99. The van der Waals surface area contributed by atoms with Gasteiger partial charge in [0, 0.05) is 5.92 Å². The van der Waals surface area contributed by atoms with Crippen molar-refractivity contribution in [3.8, 4) is 0 Å². The first-order chi connectivity index (χ1) is 6.19. The van der Waals surface area contributed by atoms with Crippen LogP contribution in [-0.2, 0) is 4.79 Å². The molecule has 0 saturated carbocycles. The van der Waals surface area contributed by atoms with Crippen LogP contribution in [0.1, 0.15) is 24.8 Å². The van der Waals surface area contributed by atoms with Crippen LogP contribution in [0.3, 0.4) is 0 Å². The summed E-state index contributed by atoms with van der Waals surface area (Å²) in [6.07, 6.45) is 1.33. The maximum atomic E-state index is 12.7. The lowest BCUT2D eigenvalue weighted by Gasteiger charge is -2.07. The van der Waals surface area contributed by atoms with E-state index in [9.17, 15) is 13.6 Å². The molecule has 0 amide bonds. The monoisotopic (exact) mass is 184 g/mol. The van der Waals surface area contributed by atoms with Gasteiger partial charge in [0.25, 0.3) is 0 Å². The molecule has 3 heteroatoms. The summed E-state index contributed by atoms with van der Waals surface area (Å²) in [4.78, 5) is 10.5. The van der Waals surface area contributed by atoms with Crippen molar-refractivity contribution in [2.75, 3.05) is 0 Å². The number of rotatable bonds is 3. The molecule has 13 heavy (non-hydrogen) atoms. The standard InChI is InChI=1S/C10H10F2O/c1-2-7(6-13)8-3-4-9(11)10(12)5-8/h3-7H,2H2,1H3. The van der Waals surface area contributed by atoms with Gasteiger partial charge >= 0.3 is 0 Å². The van der Waals surface area contributed by atoms with Crippen LogP contribution in [0.5, 0.6) is 0 Å². The highest BCUT2D eigenvalue weighted by atomic mass is 19.2. The Morgan fingerprint density at radius 1 is 1.38 bits per heavy atom. The highest BCUT2D eigenvalue weighted by molar-refractivity contribution is 5.61. The molecule has 0 saturated heterocycles. The van der Waals surface area contributed by atoms with E-state index in [1.165, 1.54) is 6.07 Å². The molecule has 1 atom stereocenters. The van der Waals surface area contributed by atoms with Gasteiger partial charge in [0.2, 0.25) is 0 Å². The van der Waals surface area contributed by atoms with Gasteiger partial charge in [0.05, 0.1) is 0 Å². The number of halogens is 2. The lowest BCUT2D eigenvalue weighted by atomic mass is 9.98. The van der Waals surface area contributed by atoms with Gasteiger partial charge in [-0.1, -0.05) is 13.0 Å². The van der Waals surface area contributed by atoms with Crippen LogP contribution in [-0.4, -0.2) is 6.29 Å². The first-order valence-corrected chi connectivity index (χ1v) is 4.09. The molecule has 0 heterocycles. The third kappa shape index (κ3) is 2.11. The van der Waals surface area contributed by atoms with Crippen molar-refractivity contribution in [1.29, 1.82) is 0 Å². The van der Waals surface area contributed by atoms with E-state index in [-0.39, 0.29) is 5.92 Å². The zero-order chi connectivity index (χ0) is 9.84. The Balaban J connectivity index is 3.01. The number of hydrogen-bond acceptors (Lipinski definition) is 1. The quantitative estimate of drug-likeness (QED) is 0.660. The van der Waals surface area contributed by atoms with Crippen LogP contribution in [0, 0.1) is 11.6 Å². The maximum absolute atomic E-state index is 12.7. The van der Waals surface area contributed by atoms with Crippen LogP contribution in [0.2, 0.25) is 0 Å². The molecule has 1 aromatic carbocycles. The summed E-state index contributed by atoms with van der Waals surface area (Å²) < 4.78 is 25.2. The minimum Gasteiger partial charge on any atom is -0.303 e. The third-order valence-electron chi connectivity index (χ3n) is 1.98. The summed E-state index contributed by atoms with van der Waals surface area (Å²) in [5.74, 6) is -2.13. The molecule has 0 radical (unpaired) electrons. The topological polar surface area (TPSA) is 17.1 Å². The number of carbonyl (C=O) groups excluding carboxylic acids is 1. The second-order valence-corrected chi connectivity index (χ2v) is 2.82. The van der Waals surface area contributed by atoms with Gasteiger partial charge in [0.1, 0.15) is 6.29 Å². The van der Waals surface area contributed by atoms with Gasteiger partial charge in [-0.2, -0.15) is 0 Å². The summed E-state index contributed by atoms with van der Waals surface area (Å²) >= 11 is 0. The average Bonchev–Trinajstić information content (AvgIpc) is 2.13. The summed E-state index contributed by atoms with van der Waals surface area (Å²) in [6, 6.07) is 3.54. The molecular weight excluding hydrogens is 174 g/mol. The number of carbonyl (C=O) groups is 1. The fourth-order valence-corrected chi connectivity index (χ4v) is 1.15. The van der Waals surface area contributed by atoms with E-state index in [0.29, 0.717) is 12.0 Å². The van der Waals surface area contributed by atoms with Crippen molar-refractivity contribution in [3.05, 3.63) is 35.4 Å². The molecule has 0 fully saturated rings.